The van der Waals surface area contributed by atoms with Crippen LogP contribution in [0.5, 0.6) is 0 Å². The van der Waals surface area contributed by atoms with E-state index < -0.39 is 132 Å². The molecule has 44 heteroatoms. The highest BCUT2D eigenvalue weighted by atomic mass is 31.2. The van der Waals surface area contributed by atoms with Gasteiger partial charge in [0.1, 0.15) is 122 Å². The van der Waals surface area contributed by atoms with E-state index in [1.165, 1.54) is 62.6 Å². The van der Waals surface area contributed by atoms with Gasteiger partial charge in [-0.25, -0.2) is 73.5 Å². The molecule has 12 heterocycles. The van der Waals surface area contributed by atoms with Gasteiger partial charge in [-0.15, -0.1) is 9.42 Å². The summed E-state index contributed by atoms with van der Waals surface area (Å²) in [6, 6.07) is 0. The number of aliphatic hydroxyl groups excluding tert-OH is 1. The van der Waals surface area contributed by atoms with Crippen LogP contribution in [0.2, 0.25) is 0 Å². The van der Waals surface area contributed by atoms with Crippen molar-refractivity contribution < 1.29 is 93.6 Å². The zero-order valence-corrected chi connectivity index (χ0v) is 46.4. The predicted molar refractivity (Wildman–Crippen MR) is 277 cm³/mol. The molecule has 0 bridgehead atoms. The van der Waals surface area contributed by atoms with Gasteiger partial charge in [0.15, 0.2) is 45.9 Å². The van der Waals surface area contributed by atoms with E-state index in [0.717, 1.165) is 6.33 Å². The molecule has 12 rings (SSSR count). The van der Waals surface area contributed by atoms with Crippen molar-refractivity contribution in [1.29, 1.82) is 0 Å². The van der Waals surface area contributed by atoms with E-state index in [1.54, 1.807) is 0 Å². The van der Waals surface area contributed by atoms with E-state index in [-0.39, 0.29) is 82.4 Å². The van der Waals surface area contributed by atoms with Crippen LogP contribution in [0.4, 0.5) is 23.3 Å². The van der Waals surface area contributed by atoms with E-state index in [4.69, 9.17) is 73.5 Å². The van der Waals surface area contributed by atoms with Gasteiger partial charge in [-0.05, 0) is 0 Å². The lowest BCUT2D eigenvalue weighted by atomic mass is 10.2. The number of nitrogens with zero attached hydrogens (tertiary/aromatic N) is 16. The van der Waals surface area contributed by atoms with Crippen LogP contribution in [0.3, 0.4) is 0 Å². The molecule has 4 saturated heterocycles. The third kappa shape index (κ3) is 11.9. The van der Waals surface area contributed by atoms with Gasteiger partial charge in [0.2, 0.25) is 0 Å². The second kappa shape index (κ2) is 23.1. The average molecular weight is 1250 g/mol. The molecule has 4 fully saturated rings. The Morgan fingerprint density at radius 3 is 1.07 bits per heavy atom. The maximum Gasteiger partial charge on any atom is 0.694 e. The SMILES string of the molecule is Nc1ncnc2c1ncn2[C@H]1C[C@H](OP(=O)(O)OC[C@H]2O[C@@H](n3cnc4c(N)ncnc43)C[C@@H]2OP(=O)(O)OC[C@H]2O[C@@H](n3cnc4c(N)ncnc43)C[C@@H]2OP(=O)(O)OC[C@H]2O[C@@H](n3cnc4c(N)ncnc43)C[C@@H]2O)[C@@H](CO[P+](=O)O)O1. The number of phosphoric ester groups is 3. The summed E-state index contributed by atoms with van der Waals surface area (Å²) in [6.45, 7) is -2.98. The molecule has 4 aliphatic heterocycles. The first-order valence-electron chi connectivity index (χ1n) is 24.9. The Bertz CT molecular complexity index is 3920. The van der Waals surface area contributed by atoms with Crippen LogP contribution in [-0.2, 0) is 68.9 Å². The Morgan fingerprint density at radius 1 is 0.464 bits per heavy atom. The van der Waals surface area contributed by atoms with Crippen LogP contribution < -0.4 is 22.9 Å². The fourth-order valence-corrected chi connectivity index (χ4v) is 13.2. The van der Waals surface area contributed by atoms with Crippen molar-refractivity contribution >= 4 is 99.6 Å². The fraction of sp³-hybridized carbons (Fsp3) is 0.500. The van der Waals surface area contributed by atoms with Gasteiger partial charge in [0.25, 0.3) is 0 Å². The maximum atomic E-state index is 14.1. The molecule has 0 radical (unpaired) electrons. The Labute approximate surface area is 469 Å². The first-order chi connectivity index (χ1) is 40.2. The van der Waals surface area contributed by atoms with Crippen LogP contribution in [0.15, 0.2) is 50.6 Å². The van der Waals surface area contributed by atoms with Crippen LogP contribution in [-0.4, -0.2) is 178 Å². The predicted octanol–water partition coefficient (Wildman–Crippen LogP) is 0.359. The molecule has 0 spiro atoms. The Hall–Kier alpha value is -6.45. The quantitative estimate of drug-likeness (QED) is 0.0414. The number of aromatic nitrogens is 16. The molecule has 0 saturated carbocycles. The van der Waals surface area contributed by atoms with E-state index in [2.05, 4.69) is 59.8 Å². The molecule has 84 heavy (non-hydrogen) atoms. The Morgan fingerprint density at radius 2 is 0.750 bits per heavy atom. The van der Waals surface area contributed by atoms with Crippen molar-refractivity contribution in [1.82, 2.24) is 78.1 Å². The fourth-order valence-electron chi connectivity index (χ4n) is 10.0. The second-order valence-electron chi connectivity index (χ2n) is 19.1. The summed E-state index contributed by atoms with van der Waals surface area (Å²) in [5.74, 6) is 0.222. The summed E-state index contributed by atoms with van der Waals surface area (Å²) in [5, 5.41) is 10.9. The monoisotopic (exact) mass is 1250 g/mol. The number of rotatable bonds is 22. The summed E-state index contributed by atoms with van der Waals surface area (Å²) in [5.41, 5.74) is 25.7. The van der Waals surface area contributed by atoms with Crippen molar-refractivity contribution in [3.05, 3.63) is 50.6 Å². The minimum absolute atomic E-state index is 0.00236. The maximum absolute atomic E-state index is 14.1. The van der Waals surface area contributed by atoms with Crippen molar-refractivity contribution in [2.45, 2.75) is 99.4 Å². The second-order valence-corrected chi connectivity index (χ2v) is 24.1. The van der Waals surface area contributed by atoms with Gasteiger partial charge in [-0.2, -0.15) is 0 Å². The summed E-state index contributed by atoms with van der Waals surface area (Å²) in [6.07, 6.45) is -5.56. The number of nitrogens with two attached hydrogens (primary N) is 4. The number of fused-ring (bicyclic) bond motifs is 4. The summed E-state index contributed by atoms with van der Waals surface area (Å²) in [4.78, 5) is 92.7. The van der Waals surface area contributed by atoms with Gasteiger partial charge in [0.05, 0.1) is 51.2 Å². The molecule has 0 amide bonds. The molecule has 4 aliphatic rings. The number of hydrogen-bond donors (Lipinski definition) is 9. The van der Waals surface area contributed by atoms with Gasteiger partial charge >= 0.3 is 31.7 Å². The number of ether oxygens (including phenoxy) is 4. The molecule has 448 valence electrons. The number of aliphatic hydroxyl groups is 1. The van der Waals surface area contributed by atoms with Crippen molar-refractivity contribution in [2.75, 3.05) is 49.4 Å². The molecule has 8 aromatic heterocycles. The highest BCUT2D eigenvalue weighted by Gasteiger charge is 2.49. The molecule has 4 unspecified atom stereocenters. The lowest BCUT2D eigenvalue weighted by Gasteiger charge is -2.25. The minimum Gasteiger partial charge on any atom is -0.390 e. The Kier molecular flexibility index (Phi) is 15.9. The zero-order valence-electron chi connectivity index (χ0n) is 42.8. The van der Waals surface area contributed by atoms with E-state index in [1.807, 2.05) is 0 Å². The molecular weight excluding hydrogens is 1200 g/mol. The molecule has 16 atom stereocenters. The highest BCUT2D eigenvalue weighted by Crippen LogP contribution is 2.54. The molecular formula is C40H49N20O20P4+. The summed E-state index contributed by atoms with van der Waals surface area (Å²) >= 11 is 0. The number of hydrogen-bond acceptors (Lipinski definition) is 32. The number of imidazole rings is 4. The smallest absolute Gasteiger partial charge is 0.390 e. The van der Waals surface area contributed by atoms with Crippen molar-refractivity contribution in [3.63, 3.8) is 0 Å². The third-order valence-corrected chi connectivity index (χ3v) is 17.3. The van der Waals surface area contributed by atoms with Crippen LogP contribution in [0, 0.1) is 0 Å². The van der Waals surface area contributed by atoms with Crippen LogP contribution in [0.25, 0.3) is 44.7 Å². The van der Waals surface area contributed by atoms with Crippen molar-refractivity contribution in [2.24, 2.45) is 0 Å². The minimum atomic E-state index is -5.33. The normalized spacial score (nSPS) is 28.8. The van der Waals surface area contributed by atoms with Crippen LogP contribution in [0.1, 0.15) is 50.6 Å². The van der Waals surface area contributed by atoms with Gasteiger partial charge in [-0.1, -0.05) is 0 Å². The largest absolute Gasteiger partial charge is 0.694 e. The van der Waals surface area contributed by atoms with E-state index >= 15 is 0 Å². The molecule has 40 nitrogen and oxygen atoms in total. The molecule has 0 aliphatic carbocycles. The standard InChI is InChI=1S/C40H48N20O20P4/c41-33-29-37(49-9-45-33)57(13-53-29)25-1-17(61)21(74-25)6-71-82(64,65)79-19-3-27(59-15-55-31-35(43)47-11-51-39(31)59)76-23(19)8-73-84(68,69)80-20-4-28(60-16-56-32-36(44)48-12-52-40(32)60)77-24(20)7-72-83(66,67)78-18-2-26(75-22(18)5-70-81(62)63)58-14-54-30-34(42)46-10-50-38(30)58/h9-28,61H,1-8H2,(H11-,41,42,43,44,45,46,47,48,49,50,51,52,62,63,64,65,66,67,68,69)/p+1/t17-,18-,19-,20-,21+,22+,23+,24+,25+,26+,27+,28+/m0/s1. The number of phosphoric acid groups is 3. The zero-order chi connectivity index (χ0) is 58.8. The topological polar surface area (TPSA) is 549 Å². The van der Waals surface area contributed by atoms with E-state index in [0.29, 0.717) is 11.2 Å². The third-order valence-electron chi connectivity index (χ3n) is 13.9. The highest BCUT2D eigenvalue weighted by molar-refractivity contribution is 7.48. The first-order valence-corrected chi connectivity index (χ1v) is 30.6. The molecule has 0 aromatic carbocycles. The van der Waals surface area contributed by atoms with E-state index in [9.17, 15) is 42.9 Å². The van der Waals surface area contributed by atoms with Gasteiger partial charge in [-0.3, -0.25) is 45.4 Å². The van der Waals surface area contributed by atoms with Crippen molar-refractivity contribution in [3.8, 4) is 0 Å². The molecule has 8 aromatic rings. The first kappa shape index (κ1) is 58.0. The van der Waals surface area contributed by atoms with Gasteiger partial charge in [0, 0.05) is 30.2 Å². The average Bonchev–Trinajstić information content (AvgIpc) is 3.64. The molecule has 13 N–H and O–H groups in total. The number of anilines is 4. The lowest BCUT2D eigenvalue weighted by Crippen LogP contribution is -2.31. The van der Waals surface area contributed by atoms with Crippen LogP contribution >= 0.6 is 31.7 Å². The summed E-state index contributed by atoms with van der Waals surface area (Å²) < 4.78 is 122. The Balaban J connectivity index is 0.742. The summed E-state index contributed by atoms with van der Waals surface area (Å²) in [7, 11) is -18.8. The van der Waals surface area contributed by atoms with Gasteiger partial charge < -0.3 is 61.7 Å². The lowest BCUT2D eigenvalue weighted by molar-refractivity contribution is -0.0616. The number of nitrogen functional groups attached to an aromatic ring is 4.